The first-order valence-corrected chi connectivity index (χ1v) is 8.98. The van der Waals surface area contributed by atoms with E-state index >= 15 is 0 Å². The lowest BCUT2D eigenvalue weighted by atomic mass is 10.4. The van der Waals surface area contributed by atoms with Crippen LogP contribution in [0.5, 0.6) is 0 Å². The SMILES string of the molecule is C.CCCNc1nc(Cl)ncc1I.Clc1ncc(I)c(Cl)n1. The van der Waals surface area contributed by atoms with Gasteiger partial charge in [-0.2, -0.15) is 4.98 Å². The highest BCUT2D eigenvalue weighted by Gasteiger charge is 2.01. The van der Waals surface area contributed by atoms with Crippen LogP contribution in [0, 0.1) is 7.14 Å². The first-order valence-electron chi connectivity index (χ1n) is 5.69. The molecule has 0 aliphatic heterocycles. The van der Waals surface area contributed by atoms with Crippen molar-refractivity contribution in [2.45, 2.75) is 20.8 Å². The first kappa shape index (κ1) is 22.3. The molecule has 5 nitrogen and oxygen atoms in total. The standard InChI is InChI=1S/C7H9ClIN3.C4HCl2IN2.CH4/c1-2-3-10-6-5(9)4-11-7(8)12-6;5-3-2(7)1-8-4(6)9-3;/h4H,2-3H2,1H3,(H,10,11,12);1H;1H4. The number of hydrogen-bond acceptors (Lipinski definition) is 5. The van der Waals surface area contributed by atoms with Crippen LogP contribution in [0.2, 0.25) is 15.7 Å². The number of anilines is 1. The van der Waals surface area contributed by atoms with Crippen LogP contribution in [-0.4, -0.2) is 26.5 Å². The quantitative estimate of drug-likeness (QED) is 0.288. The fourth-order valence-corrected chi connectivity index (χ4v) is 2.19. The molecule has 1 N–H and O–H groups in total. The second-order valence-electron chi connectivity index (χ2n) is 3.54. The molecule has 2 rings (SSSR count). The fraction of sp³-hybridized carbons (Fsp3) is 0.333. The molecule has 0 saturated carbocycles. The Kier molecular flexibility index (Phi) is 11.9. The zero-order valence-electron chi connectivity index (χ0n) is 10.7. The van der Waals surface area contributed by atoms with Gasteiger partial charge in [0, 0.05) is 18.9 Å². The van der Waals surface area contributed by atoms with Crippen molar-refractivity contribution in [2.24, 2.45) is 0 Å². The van der Waals surface area contributed by atoms with E-state index in [0.717, 1.165) is 25.9 Å². The Morgan fingerprint density at radius 1 is 1.00 bits per heavy atom. The van der Waals surface area contributed by atoms with Gasteiger partial charge in [0.15, 0.2) is 0 Å². The van der Waals surface area contributed by atoms with E-state index in [9.17, 15) is 0 Å². The van der Waals surface area contributed by atoms with Crippen LogP contribution in [0.1, 0.15) is 20.8 Å². The predicted octanol–water partition coefficient (Wildman–Crippen LogP) is 5.58. The third-order valence-electron chi connectivity index (χ3n) is 1.93. The molecule has 2 heterocycles. The molecule has 0 aromatic carbocycles. The monoisotopic (exact) mass is 587 g/mol. The summed E-state index contributed by atoms with van der Waals surface area (Å²) in [4.78, 5) is 15.3. The highest BCUT2D eigenvalue weighted by atomic mass is 127. The van der Waals surface area contributed by atoms with Crippen LogP contribution in [-0.2, 0) is 0 Å². The van der Waals surface area contributed by atoms with Gasteiger partial charge in [-0.15, -0.1) is 0 Å². The maximum Gasteiger partial charge on any atom is 0.224 e. The number of nitrogens with one attached hydrogen (secondary N) is 1. The molecule has 0 fully saturated rings. The Labute approximate surface area is 172 Å². The molecule has 0 atom stereocenters. The number of nitrogens with zero attached hydrogens (tertiary/aromatic N) is 4. The Bertz CT molecular complexity index is 601. The number of halogens is 5. The molecule has 22 heavy (non-hydrogen) atoms. The summed E-state index contributed by atoms with van der Waals surface area (Å²) in [6, 6.07) is 0. The Hall–Kier alpha value is 0.290. The van der Waals surface area contributed by atoms with Crippen molar-refractivity contribution in [2.75, 3.05) is 11.9 Å². The summed E-state index contributed by atoms with van der Waals surface area (Å²) < 4.78 is 1.80. The van der Waals surface area contributed by atoms with Crippen molar-refractivity contribution in [3.63, 3.8) is 0 Å². The van der Waals surface area contributed by atoms with E-state index in [1.54, 1.807) is 12.4 Å². The second-order valence-corrected chi connectivity index (χ2v) is 6.90. The van der Waals surface area contributed by atoms with Gasteiger partial charge in [-0.1, -0.05) is 26.0 Å². The molecule has 2 aromatic rings. The van der Waals surface area contributed by atoms with E-state index in [-0.39, 0.29) is 18.0 Å². The minimum absolute atomic E-state index is 0. The van der Waals surface area contributed by atoms with Crippen molar-refractivity contribution in [3.8, 4) is 0 Å². The highest BCUT2D eigenvalue weighted by Crippen LogP contribution is 2.16. The maximum atomic E-state index is 5.63. The van der Waals surface area contributed by atoms with Gasteiger partial charge in [-0.3, -0.25) is 0 Å². The minimum Gasteiger partial charge on any atom is -0.369 e. The predicted molar refractivity (Wildman–Crippen MR) is 110 cm³/mol. The maximum absolute atomic E-state index is 5.63. The van der Waals surface area contributed by atoms with Gasteiger partial charge in [0.05, 0.1) is 7.14 Å². The molecule has 2 aromatic heterocycles. The molecule has 122 valence electrons. The third-order valence-corrected chi connectivity index (χ3v) is 4.48. The molecule has 0 unspecified atom stereocenters. The van der Waals surface area contributed by atoms with E-state index in [1.807, 2.05) is 22.6 Å². The number of hydrogen-bond donors (Lipinski definition) is 1. The highest BCUT2D eigenvalue weighted by molar-refractivity contribution is 14.1. The Morgan fingerprint density at radius 2 is 1.55 bits per heavy atom. The van der Waals surface area contributed by atoms with Gasteiger partial charge in [0.1, 0.15) is 11.0 Å². The van der Waals surface area contributed by atoms with Crippen LogP contribution in [0.25, 0.3) is 0 Å². The normalized spacial score (nSPS) is 9.36. The third kappa shape index (κ3) is 8.23. The molecule has 0 spiro atoms. The van der Waals surface area contributed by atoms with E-state index in [2.05, 4.69) is 54.8 Å². The summed E-state index contributed by atoms with van der Waals surface area (Å²) in [6.07, 6.45) is 4.34. The van der Waals surface area contributed by atoms with Crippen molar-refractivity contribution < 1.29 is 0 Å². The lowest BCUT2D eigenvalue weighted by Crippen LogP contribution is -2.04. The molecule has 0 bridgehead atoms. The van der Waals surface area contributed by atoms with Crippen LogP contribution in [0.4, 0.5) is 5.82 Å². The van der Waals surface area contributed by atoms with Crippen molar-refractivity contribution in [1.29, 1.82) is 0 Å². The largest absolute Gasteiger partial charge is 0.369 e. The molecule has 0 saturated heterocycles. The van der Waals surface area contributed by atoms with E-state index in [1.165, 1.54) is 0 Å². The molecule has 10 heteroatoms. The zero-order chi connectivity index (χ0) is 15.8. The average molecular weight is 588 g/mol. The zero-order valence-corrected chi connectivity index (χ0v) is 17.3. The minimum atomic E-state index is 0. The second kappa shape index (κ2) is 11.8. The molecular weight excluding hydrogens is 574 g/mol. The van der Waals surface area contributed by atoms with Gasteiger partial charge < -0.3 is 5.32 Å². The Morgan fingerprint density at radius 3 is 2.05 bits per heavy atom. The van der Waals surface area contributed by atoms with Gasteiger partial charge in [-0.05, 0) is 74.8 Å². The smallest absolute Gasteiger partial charge is 0.224 e. The number of rotatable bonds is 3. The van der Waals surface area contributed by atoms with E-state index in [4.69, 9.17) is 34.8 Å². The lowest BCUT2D eigenvalue weighted by molar-refractivity contribution is 0.962. The molecular formula is C12H14Cl3I2N5. The van der Waals surface area contributed by atoms with Crippen molar-refractivity contribution in [3.05, 3.63) is 35.3 Å². The molecule has 0 aliphatic carbocycles. The van der Waals surface area contributed by atoms with Crippen molar-refractivity contribution >= 4 is 85.8 Å². The summed E-state index contributed by atoms with van der Waals surface area (Å²) in [5.74, 6) is 0.817. The molecule has 0 amide bonds. The van der Waals surface area contributed by atoms with Crippen LogP contribution >= 0.6 is 80.0 Å². The van der Waals surface area contributed by atoms with Crippen LogP contribution in [0.3, 0.4) is 0 Å². The van der Waals surface area contributed by atoms with Gasteiger partial charge in [-0.25, -0.2) is 15.0 Å². The van der Waals surface area contributed by atoms with Crippen LogP contribution in [0.15, 0.2) is 12.4 Å². The van der Waals surface area contributed by atoms with Gasteiger partial charge in [0.2, 0.25) is 10.6 Å². The van der Waals surface area contributed by atoms with Gasteiger partial charge >= 0.3 is 0 Å². The van der Waals surface area contributed by atoms with Crippen molar-refractivity contribution in [1.82, 2.24) is 19.9 Å². The topological polar surface area (TPSA) is 63.6 Å². The average Bonchev–Trinajstić information content (AvgIpc) is 2.45. The van der Waals surface area contributed by atoms with Gasteiger partial charge in [0.25, 0.3) is 0 Å². The van der Waals surface area contributed by atoms with E-state index in [0.29, 0.717) is 5.15 Å². The first-order chi connectivity index (χ1) is 9.93. The van der Waals surface area contributed by atoms with Crippen LogP contribution < -0.4 is 5.32 Å². The Balaban J connectivity index is 0.000000397. The summed E-state index contributed by atoms with van der Waals surface area (Å²) in [6.45, 7) is 3.01. The fourth-order valence-electron chi connectivity index (χ4n) is 1.04. The molecule has 0 aliphatic rings. The summed E-state index contributed by atoms with van der Waals surface area (Å²) >= 11 is 20.8. The number of aromatic nitrogens is 4. The molecule has 0 radical (unpaired) electrons. The summed E-state index contributed by atoms with van der Waals surface area (Å²) in [5, 5.41) is 4.03. The lowest BCUT2D eigenvalue weighted by Gasteiger charge is -2.04. The van der Waals surface area contributed by atoms with E-state index < -0.39 is 0 Å². The summed E-state index contributed by atoms with van der Waals surface area (Å²) in [5.41, 5.74) is 0. The summed E-state index contributed by atoms with van der Waals surface area (Å²) in [7, 11) is 0.